The van der Waals surface area contributed by atoms with Crippen molar-refractivity contribution >= 4 is 17.5 Å². The summed E-state index contributed by atoms with van der Waals surface area (Å²) in [6.45, 7) is 8.68. The maximum atomic E-state index is 12.2. The molecule has 0 spiro atoms. The fourth-order valence-corrected chi connectivity index (χ4v) is 2.35. The Hall–Kier alpha value is -2.00. The zero-order chi connectivity index (χ0) is 17.7. The molecular formula is C20H24ClNO2. The van der Waals surface area contributed by atoms with Gasteiger partial charge in [0.1, 0.15) is 5.75 Å². The van der Waals surface area contributed by atoms with Gasteiger partial charge in [-0.3, -0.25) is 4.79 Å². The maximum absolute atomic E-state index is 12.2. The lowest BCUT2D eigenvalue weighted by molar-refractivity contribution is -0.127. The molecule has 1 N–H and O–H groups in total. The number of halogens is 1. The average Bonchev–Trinajstić information content (AvgIpc) is 2.53. The van der Waals surface area contributed by atoms with Crippen molar-refractivity contribution in [1.82, 2.24) is 5.32 Å². The smallest absolute Gasteiger partial charge is 0.261 e. The normalized spacial score (nSPS) is 12.5. The Morgan fingerprint density at radius 2 is 1.67 bits per heavy atom. The molecule has 0 saturated carbocycles. The van der Waals surface area contributed by atoms with Crippen LogP contribution in [0.4, 0.5) is 0 Å². The van der Waals surface area contributed by atoms with Gasteiger partial charge in [0.25, 0.3) is 5.91 Å². The van der Waals surface area contributed by atoms with Gasteiger partial charge in [-0.1, -0.05) is 56.6 Å². The van der Waals surface area contributed by atoms with Crippen molar-refractivity contribution in [2.45, 2.75) is 45.8 Å². The third kappa shape index (κ3) is 5.27. The van der Waals surface area contributed by atoms with Crippen LogP contribution in [0.5, 0.6) is 5.75 Å². The minimum absolute atomic E-state index is 0.0973. The Labute approximate surface area is 149 Å². The average molecular weight is 346 g/mol. The van der Waals surface area contributed by atoms with Crippen LogP contribution in [0.25, 0.3) is 0 Å². The highest BCUT2D eigenvalue weighted by molar-refractivity contribution is 6.30. The first-order valence-corrected chi connectivity index (χ1v) is 8.43. The van der Waals surface area contributed by atoms with E-state index in [1.807, 2.05) is 36.4 Å². The molecule has 24 heavy (non-hydrogen) atoms. The molecule has 1 atom stereocenters. The van der Waals surface area contributed by atoms with Crippen molar-refractivity contribution in [3.63, 3.8) is 0 Å². The lowest BCUT2D eigenvalue weighted by atomic mass is 9.87. The topological polar surface area (TPSA) is 38.3 Å². The molecule has 0 unspecified atom stereocenters. The van der Waals surface area contributed by atoms with E-state index in [1.54, 1.807) is 19.1 Å². The van der Waals surface area contributed by atoms with Gasteiger partial charge in [0.15, 0.2) is 6.10 Å². The molecule has 2 aromatic carbocycles. The largest absolute Gasteiger partial charge is 0.481 e. The van der Waals surface area contributed by atoms with Gasteiger partial charge in [-0.05, 0) is 47.7 Å². The first-order chi connectivity index (χ1) is 11.3. The molecule has 0 bridgehead atoms. The van der Waals surface area contributed by atoms with Crippen LogP contribution in [-0.4, -0.2) is 12.0 Å². The molecule has 0 aliphatic heterocycles. The van der Waals surface area contributed by atoms with Gasteiger partial charge < -0.3 is 10.1 Å². The van der Waals surface area contributed by atoms with E-state index in [2.05, 4.69) is 26.1 Å². The zero-order valence-corrected chi connectivity index (χ0v) is 15.4. The second-order valence-corrected chi connectivity index (χ2v) is 7.32. The van der Waals surface area contributed by atoms with E-state index < -0.39 is 6.10 Å². The fraction of sp³-hybridized carbons (Fsp3) is 0.350. The number of carbonyl (C=O) groups excluding carboxylic acids is 1. The van der Waals surface area contributed by atoms with Crippen LogP contribution in [0, 0.1) is 0 Å². The predicted octanol–water partition coefficient (Wildman–Crippen LogP) is 4.72. The fourth-order valence-electron chi connectivity index (χ4n) is 2.23. The molecule has 0 aromatic heterocycles. The minimum atomic E-state index is -0.558. The second kappa shape index (κ2) is 7.71. The van der Waals surface area contributed by atoms with Crippen LogP contribution < -0.4 is 10.1 Å². The molecule has 0 radical (unpaired) electrons. The van der Waals surface area contributed by atoms with Gasteiger partial charge in [-0.25, -0.2) is 0 Å². The molecule has 0 aliphatic rings. The summed E-state index contributed by atoms with van der Waals surface area (Å²) in [5.41, 5.74) is 2.32. The van der Waals surface area contributed by atoms with Gasteiger partial charge in [0, 0.05) is 11.6 Å². The summed E-state index contributed by atoms with van der Waals surface area (Å²) in [4.78, 5) is 12.2. The third-order valence-corrected chi connectivity index (χ3v) is 4.03. The van der Waals surface area contributed by atoms with Gasteiger partial charge in [-0.2, -0.15) is 0 Å². The highest BCUT2D eigenvalue weighted by Gasteiger charge is 2.16. The van der Waals surface area contributed by atoms with E-state index in [4.69, 9.17) is 16.3 Å². The summed E-state index contributed by atoms with van der Waals surface area (Å²) in [5.74, 6) is 0.544. The molecule has 0 aliphatic carbocycles. The molecule has 2 rings (SSSR count). The lowest BCUT2D eigenvalue weighted by Gasteiger charge is -2.20. The highest BCUT2D eigenvalue weighted by Crippen LogP contribution is 2.24. The summed E-state index contributed by atoms with van der Waals surface area (Å²) in [7, 11) is 0. The maximum Gasteiger partial charge on any atom is 0.261 e. The summed E-state index contributed by atoms with van der Waals surface area (Å²) >= 11 is 5.85. The van der Waals surface area contributed by atoms with Crippen LogP contribution in [-0.2, 0) is 16.8 Å². The molecule has 0 fully saturated rings. The van der Waals surface area contributed by atoms with Crippen molar-refractivity contribution in [2.75, 3.05) is 0 Å². The first-order valence-electron chi connectivity index (χ1n) is 8.05. The minimum Gasteiger partial charge on any atom is -0.481 e. The molecule has 128 valence electrons. The van der Waals surface area contributed by atoms with Gasteiger partial charge in [0.2, 0.25) is 0 Å². The SMILES string of the molecule is C[C@H](Oc1ccc(C(C)(C)C)cc1)C(=O)NCc1ccc(Cl)cc1. The highest BCUT2D eigenvalue weighted by atomic mass is 35.5. The number of benzene rings is 2. The number of amides is 1. The van der Waals surface area contributed by atoms with E-state index in [1.165, 1.54) is 5.56 Å². The van der Waals surface area contributed by atoms with Crippen LogP contribution in [0.1, 0.15) is 38.8 Å². The Balaban J connectivity index is 1.88. The molecular weight excluding hydrogens is 322 g/mol. The number of hydrogen-bond acceptors (Lipinski definition) is 2. The molecule has 0 heterocycles. The number of carbonyl (C=O) groups is 1. The van der Waals surface area contributed by atoms with Crippen molar-refractivity contribution in [3.05, 3.63) is 64.7 Å². The number of hydrogen-bond donors (Lipinski definition) is 1. The van der Waals surface area contributed by atoms with Gasteiger partial charge >= 0.3 is 0 Å². The Kier molecular flexibility index (Phi) is 5.89. The van der Waals surface area contributed by atoms with Gasteiger partial charge in [0.05, 0.1) is 0 Å². The van der Waals surface area contributed by atoms with Crippen LogP contribution in [0.2, 0.25) is 5.02 Å². The number of nitrogens with one attached hydrogen (secondary N) is 1. The van der Waals surface area contributed by atoms with E-state index in [9.17, 15) is 4.79 Å². The van der Waals surface area contributed by atoms with E-state index >= 15 is 0 Å². The molecule has 2 aromatic rings. The zero-order valence-electron chi connectivity index (χ0n) is 14.6. The van der Waals surface area contributed by atoms with Crippen molar-refractivity contribution < 1.29 is 9.53 Å². The Morgan fingerprint density at radius 1 is 1.08 bits per heavy atom. The quantitative estimate of drug-likeness (QED) is 0.851. The predicted molar refractivity (Wildman–Crippen MR) is 98.5 cm³/mol. The summed E-state index contributed by atoms with van der Waals surface area (Å²) in [5, 5.41) is 3.55. The summed E-state index contributed by atoms with van der Waals surface area (Å²) in [6, 6.07) is 15.3. The molecule has 3 nitrogen and oxygen atoms in total. The molecule has 0 saturated heterocycles. The summed E-state index contributed by atoms with van der Waals surface area (Å²) < 4.78 is 5.72. The molecule has 4 heteroatoms. The van der Waals surface area contributed by atoms with Crippen LogP contribution in [0.15, 0.2) is 48.5 Å². The number of ether oxygens (including phenoxy) is 1. The van der Waals surface area contributed by atoms with Gasteiger partial charge in [-0.15, -0.1) is 0 Å². The second-order valence-electron chi connectivity index (χ2n) is 6.88. The lowest BCUT2D eigenvalue weighted by Crippen LogP contribution is -2.35. The van der Waals surface area contributed by atoms with Crippen LogP contribution >= 0.6 is 11.6 Å². The Morgan fingerprint density at radius 3 is 2.21 bits per heavy atom. The van der Waals surface area contributed by atoms with Crippen molar-refractivity contribution in [2.24, 2.45) is 0 Å². The first kappa shape index (κ1) is 18.3. The van der Waals surface area contributed by atoms with Crippen LogP contribution in [0.3, 0.4) is 0 Å². The molecule has 1 amide bonds. The standard InChI is InChI=1S/C20H24ClNO2/c1-14(19(23)22-13-15-5-9-17(21)10-6-15)24-18-11-7-16(8-12-18)20(2,3)4/h5-12,14H,13H2,1-4H3,(H,22,23)/t14-/m0/s1. The van der Waals surface area contributed by atoms with E-state index in [-0.39, 0.29) is 11.3 Å². The third-order valence-electron chi connectivity index (χ3n) is 3.78. The van der Waals surface area contributed by atoms with Crippen molar-refractivity contribution in [1.29, 1.82) is 0 Å². The van der Waals surface area contributed by atoms with E-state index in [0.717, 1.165) is 5.56 Å². The summed E-state index contributed by atoms with van der Waals surface area (Å²) in [6.07, 6.45) is -0.558. The van der Waals surface area contributed by atoms with E-state index in [0.29, 0.717) is 17.3 Å². The number of rotatable bonds is 5. The van der Waals surface area contributed by atoms with Crippen molar-refractivity contribution in [3.8, 4) is 5.75 Å². The monoisotopic (exact) mass is 345 g/mol. The Bertz CT molecular complexity index is 672.